The third-order valence-electron chi connectivity index (χ3n) is 5.27. The van der Waals surface area contributed by atoms with Gasteiger partial charge in [0.1, 0.15) is 0 Å². The number of hydrogen-bond acceptors (Lipinski definition) is 3. The van der Waals surface area contributed by atoms with E-state index in [1.165, 1.54) is 11.1 Å². The van der Waals surface area contributed by atoms with Crippen molar-refractivity contribution in [2.75, 3.05) is 5.32 Å². The Labute approximate surface area is 148 Å². The van der Waals surface area contributed by atoms with Gasteiger partial charge in [-0.25, -0.2) is 4.98 Å². The molecule has 0 spiro atoms. The van der Waals surface area contributed by atoms with Crippen LogP contribution in [0.15, 0.2) is 48.5 Å². The van der Waals surface area contributed by atoms with Crippen molar-refractivity contribution in [3.63, 3.8) is 0 Å². The smallest absolute Gasteiger partial charge is 0.204 e. The number of hydrogen-bond donors (Lipinski definition) is 2. The summed E-state index contributed by atoms with van der Waals surface area (Å²) in [5.41, 5.74) is 4.79. The van der Waals surface area contributed by atoms with E-state index in [2.05, 4.69) is 59.3 Å². The number of aryl methyl sites for hydroxylation is 1. The van der Waals surface area contributed by atoms with E-state index in [1.54, 1.807) is 0 Å². The topological polar surface area (TPSA) is 50.1 Å². The van der Waals surface area contributed by atoms with Crippen LogP contribution in [0.3, 0.4) is 0 Å². The Kier molecular flexibility index (Phi) is 4.45. The Hall–Kier alpha value is -2.33. The van der Waals surface area contributed by atoms with Gasteiger partial charge in [0, 0.05) is 6.04 Å². The normalized spacial score (nSPS) is 20.7. The van der Waals surface area contributed by atoms with Crippen molar-refractivity contribution in [2.45, 2.75) is 51.3 Å². The molecule has 1 fully saturated rings. The van der Waals surface area contributed by atoms with Gasteiger partial charge in [0.15, 0.2) is 0 Å². The Morgan fingerprint density at radius 1 is 1.04 bits per heavy atom. The molecule has 4 heteroatoms. The molecule has 1 heterocycles. The fourth-order valence-electron chi connectivity index (χ4n) is 3.71. The minimum absolute atomic E-state index is 0.135. The third kappa shape index (κ3) is 3.40. The van der Waals surface area contributed by atoms with Crippen molar-refractivity contribution in [1.29, 1.82) is 0 Å². The van der Waals surface area contributed by atoms with Crippen molar-refractivity contribution < 1.29 is 5.11 Å². The lowest BCUT2D eigenvalue weighted by atomic mass is 9.93. The molecule has 0 amide bonds. The van der Waals surface area contributed by atoms with E-state index >= 15 is 0 Å². The van der Waals surface area contributed by atoms with Crippen LogP contribution in [0.2, 0.25) is 0 Å². The maximum Gasteiger partial charge on any atom is 0.204 e. The van der Waals surface area contributed by atoms with Crippen molar-refractivity contribution in [3.05, 3.63) is 59.7 Å². The number of rotatable bonds is 4. The molecule has 0 saturated heterocycles. The van der Waals surface area contributed by atoms with Gasteiger partial charge in [-0.3, -0.25) is 0 Å². The highest BCUT2D eigenvalue weighted by Gasteiger charge is 2.21. The first-order chi connectivity index (χ1) is 12.2. The van der Waals surface area contributed by atoms with E-state index in [-0.39, 0.29) is 6.10 Å². The average Bonchev–Trinajstić information content (AvgIpc) is 2.96. The molecule has 2 N–H and O–H groups in total. The van der Waals surface area contributed by atoms with Gasteiger partial charge in [0.2, 0.25) is 5.95 Å². The summed E-state index contributed by atoms with van der Waals surface area (Å²) >= 11 is 0. The number of para-hydroxylation sites is 2. The second kappa shape index (κ2) is 6.89. The van der Waals surface area contributed by atoms with Crippen LogP contribution in [0, 0.1) is 6.92 Å². The average molecular weight is 335 g/mol. The standard InChI is InChI=1S/C21H25N3O/c1-15-6-2-3-7-16(15)14-24-20-9-5-4-8-19(20)23-21(24)22-17-10-12-18(25)13-11-17/h2-9,17-18,25H,10-14H2,1H3,(H,22,23). The quantitative estimate of drug-likeness (QED) is 0.754. The van der Waals surface area contributed by atoms with Gasteiger partial charge in [-0.05, 0) is 55.9 Å². The van der Waals surface area contributed by atoms with E-state index < -0.39 is 0 Å². The first kappa shape index (κ1) is 16.2. The number of aliphatic hydroxyl groups is 1. The number of fused-ring (bicyclic) bond motifs is 1. The zero-order valence-electron chi connectivity index (χ0n) is 14.7. The number of nitrogens with zero attached hydrogens (tertiary/aromatic N) is 2. The highest BCUT2D eigenvalue weighted by Crippen LogP contribution is 2.26. The summed E-state index contributed by atoms with van der Waals surface area (Å²) in [5, 5.41) is 13.4. The summed E-state index contributed by atoms with van der Waals surface area (Å²) in [4.78, 5) is 4.84. The first-order valence-corrected chi connectivity index (χ1v) is 9.15. The number of imidazole rings is 1. The molecule has 0 aliphatic heterocycles. The van der Waals surface area contributed by atoms with E-state index in [4.69, 9.17) is 4.98 Å². The molecule has 3 aromatic rings. The molecule has 0 bridgehead atoms. The lowest BCUT2D eigenvalue weighted by Gasteiger charge is -2.27. The summed E-state index contributed by atoms with van der Waals surface area (Å²) in [6, 6.07) is 17.2. The monoisotopic (exact) mass is 335 g/mol. The van der Waals surface area contributed by atoms with Crippen LogP contribution >= 0.6 is 0 Å². The van der Waals surface area contributed by atoms with E-state index in [1.807, 2.05) is 6.07 Å². The highest BCUT2D eigenvalue weighted by atomic mass is 16.3. The Bertz CT molecular complexity index is 862. The Balaban J connectivity index is 1.67. The van der Waals surface area contributed by atoms with Gasteiger partial charge < -0.3 is 15.0 Å². The minimum atomic E-state index is -0.135. The van der Waals surface area contributed by atoms with Crippen LogP contribution in [0.25, 0.3) is 11.0 Å². The zero-order chi connectivity index (χ0) is 17.2. The largest absolute Gasteiger partial charge is 0.393 e. The summed E-state index contributed by atoms with van der Waals surface area (Å²) in [7, 11) is 0. The second-order valence-corrected chi connectivity index (χ2v) is 7.09. The molecule has 1 aliphatic rings. The number of aliphatic hydroxyl groups excluding tert-OH is 1. The van der Waals surface area contributed by atoms with Crippen molar-refractivity contribution in [3.8, 4) is 0 Å². The van der Waals surface area contributed by atoms with Crippen LogP contribution in [-0.2, 0) is 6.54 Å². The molecule has 0 atom stereocenters. The Morgan fingerprint density at radius 2 is 1.76 bits per heavy atom. The predicted octanol–water partition coefficient (Wildman–Crippen LogP) is 4.11. The number of anilines is 1. The van der Waals surface area contributed by atoms with Crippen LogP contribution in [0.1, 0.15) is 36.8 Å². The number of benzene rings is 2. The van der Waals surface area contributed by atoms with Gasteiger partial charge in [0.25, 0.3) is 0 Å². The van der Waals surface area contributed by atoms with Crippen molar-refractivity contribution in [1.82, 2.24) is 9.55 Å². The maximum atomic E-state index is 9.74. The summed E-state index contributed by atoms with van der Waals surface area (Å²) in [6.45, 7) is 2.97. The molecule has 1 aliphatic carbocycles. The lowest BCUT2D eigenvalue weighted by Crippen LogP contribution is -2.29. The van der Waals surface area contributed by atoms with Gasteiger partial charge >= 0.3 is 0 Å². The molecular formula is C21H25N3O. The van der Waals surface area contributed by atoms with Crippen molar-refractivity contribution in [2.24, 2.45) is 0 Å². The molecule has 1 saturated carbocycles. The minimum Gasteiger partial charge on any atom is -0.393 e. The fourth-order valence-corrected chi connectivity index (χ4v) is 3.71. The summed E-state index contributed by atoms with van der Waals surface area (Å²) in [6.07, 6.45) is 3.60. The van der Waals surface area contributed by atoms with E-state index in [0.717, 1.165) is 49.2 Å². The van der Waals surface area contributed by atoms with Crippen molar-refractivity contribution >= 4 is 17.0 Å². The summed E-state index contributed by atoms with van der Waals surface area (Å²) in [5.74, 6) is 0.936. The molecule has 4 nitrogen and oxygen atoms in total. The predicted molar refractivity (Wildman–Crippen MR) is 102 cm³/mol. The lowest BCUT2D eigenvalue weighted by molar-refractivity contribution is 0.126. The van der Waals surface area contributed by atoms with E-state index in [9.17, 15) is 5.11 Å². The molecule has 130 valence electrons. The van der Waals surface area contributed by atoms with Crippen LogP contribution < -0.4 is 5.32 Å². The highest BCUT2D eigenvalue weighted by molar-refractivity contribution is 5.78. The molecule has 2 aromatic carbocycles. The van der Waals surface area contributed by atoms with Crippen LogP contribution in [0.5, 0.6) is 0 Å². The zero-order valence-corrected chi connectivity index (χ0v) is 14.7. The summed E-state index contributed by atoms with van der Waals surface area (Å²) < 4.78 is 2.28. The van der Waals surface area contributed by atoms with Crippen LogP contribution in [0.4, 0.5) is 5.95 Å². The van der Waals surface area contributed by atoms with Gasteiger partial charge in [-0.15, -0.1) is 0 Å². The molecule has 0 radical (unpaired) electrons. The number of aromatic nitrogens is 2. The second-order valence-electron chi connectivity index (χ2n) is 7.09. The van der Waals surface area contributed by atoms with E-state index in [0.29, 0.717) is 6.04 Å². The molecular weight excluding hydrogens is 310 g/mol. The fraction of sp³-hybridized carbons (Fsp3) is 0.381. The first-order valence-electron chi connectivity index (χ1n) is 9.15. The van der Waals surface area contributed by atoms with Gasteiger partial charge in [-0.2, -0.15) is 0 Å². The molecule has 4 rings (SSSR count). The number of nitrogens with one attached hydrogen (secondary N) is 1. The third-order valence-corrected chi connectivity index (χ3v) is 5.27. The maximum absolute atomic E-state index is 9.74. The van der Waals surface area contributed by atoms with Gasteiger partial charge in [-0.1, -0.05) is 36.4 Å². The van der Waals surface area contributed by atoms with Crippen LogP contribution in [-0.4, -0.2) is 26.8 Å². The Morgan fingerprint density at radius 3 is 2.56 bits per heavy atom. The van der Waals surface area contributed by atoms with Gasteiger partial charge in [0.05, 0.1) is 23.7 Å². The molecule has 0 unspecified atom stereocenters. The SMILES string of the molecule is Cc1ccccc1Cn1c(NC2CCC(O)CC2)nc2ccccc21. The molecule has 1 aromatic heterocycles. The molecule has 25 heavy (non-hydrogen) atoms.